The zero-order chi connectivity index (χ0) is 6.53. The molecule has 50 valence electrons. The Morgan fingerprint density at radius 1 is 1.56 bits per heavy atom. The molecular formula is C7H9IO. The normalized spacial score (nSPS) is 17.7. The minimum atomic E-state index is 0.747. The Balaban J connectivity index is 2.38. The first-order chi connectivity index (χ1) is 4.43. The Morgan fingerprint density at radius 3 is 3.00 bits per heavy atom. The maximum atomic E-state index is 4.93. The topological polar surface area (TPSA) is 9.23 Å². The van der Waals surface area contributed by atoms with E-state index >= 15 is 0 Å². The minimum Gasteiger partial charge on any atom is -0.311 e. The van der Waals surface area contributed by atoms with Gasteiger partial charge in [-0.05, 0) is 18.4 Å². The van der Waals surface area contributed by atoms with Crippen molar-refractivity contribution in [2.24, 2.45) is 0 Å². The van der Waals surface area contributed by atoms with Gasteiger partial charge in [-0.3, -0.25) is 0 Å². The van der Waals surface area contributed by atoms with Crippen LogP contribution in [0.3, 0.4) is 0 Å². The van der Waals surface area contributed by atoms with Gasteiger partial charge in [0.15, 0.2) is 0 Å². The van der Waals surface area contributed by atoms with Crippen LogP contribution < -0.4 is 0 Å². The lowest BCUT2D eigenvalue weighted by Gasteiger charge is -2.02. The number of allylic oxidation sites excluding steroid dienone is 2. The van der Waals surface area contributed by atoms with Crippen LogP contribution >= 0.6 is 23.0 Å². The lowest BCUT2D eigenvalue weighted by Crippen LogP contribution is -1.90. The van der Waals surface area contributed by atoms with Gasteiger partial charge in [-0.15, -0.1) is 0 Å². The SMILES string of the molecule is IOCC1=CCCC=C1. The highest BCUT2D eigenvalue weighted by Gasteiger charge is 1.94. The fraction of sp³-hybridized carbons (Fsp3) is 0.429. The molecule has 0 heterocycles. The Hall–Kier alpha value is 0.170. The molecule has 1 aliphatic rings. The second kappa shape index (κ2) is 4.06. The molecule has 9 heavy (non-hydrogen) atoms. The van der Waals surface area contributed by atoms with E-state index < -0.39 is 0 Å². The first-order valence-electron chi connectivity index (χ1n) is 3.02. The molecule has 0 aromatic rings. The summed E-state index contributed by atoms with van der Waals surface area (Å²) in [6.45, 7) is 0.747. The van der Waals surface area contributed by atoms with E-state index in [9.17, 15) is 0 Å². The summed E-state index contributed by atoms with van der Waals surface area (Å²) in [4.78, 5) is 0. The average Bonchev–Trinajstić information content (AvgIpc) is 1.91. The zero-order valence-corrected chi connectivity index (χ0v) is 7.30. The van der Waals surface area contributed by atoms with Gasteiger partial charge in [0.2, 0.25) is 0 Å². The first kappa shape index (κ1) is 7.28. The quantitative estimate of drug-likeness (QED) is 0.669. The standard InChI is InChI=1S/C7H9IO/c8-9-6-7-4-2-1-3-5-7/h2,4-5H,1,3,6H2. The zero-order valence-electron chi connectivity index (χ0n) is 5.14. The maximum Gasteiger partial charge on any atom is 0.110 e. The molecule has 0 bridgehead atoms. The van der Waals surface area contributed by atoms with Crippen molar-refractivity contribution in [2.45, 2.75) is 12.8 Å². The average molecular weight is 236 g/mol. The van der Waals surface area contributed by atoms with Crippen LogP contribution in [0.25, 0.3) is 0 Å². The van der Waals surface area contributed by atoms with E-state index in [0.717, 1.165) is 6.61 Å². The van der Waals surface area contributed by atoms with Crippen LogP contribution in [0.4, 0.5) is 0 Å². The van der Waals surface area contributed by atoms with E-state index in [1.54, 1.807) is 0 Å². The molecule has 0 aromatic carbocycles. The van der Waals surface area contributed by atoms with E-state index in [-0.39, 0.29) is 0 Å². The molecule has 2 heteroatoms. The fourth-order valence-corrected chi connectivity index (χ4v) is 1.20. The number of halogens is 1. The van der Waals surface area contributed by atoms with E-state index in [4.69, 9.17) is 3.07 Å². The molecule has 0 N–H and O–H groups in total. The first-order valence-corrected chi connectivity index (χ1v) is 3.90. The Kier molecular flexibility index (Phi) is 3.28. The summed E-state index contributed by atoms with van der Waals surface area (Å²) in [6.07, 6.45) is 8.89. The van der Waals surface area contributed by atoms with Crippen molar-refractivity contribution in [3.8, 4) is 0 Å². The molecule has 0 spiro atoms. The molecule has 0 amide bonds. The summed E-state index contributed by atoms with van der Waals surface area (Å²) in [5.41, 5.74) is 1.30. The molecule has 0 saturated heterocycles. The summed E-state index contributed by atoms with van der Waals surface area (Å²) < 4.78 is 4.93. The van der Waals surface area contributed by atoms with Crippen LogP contribution in [-0.2, 0) is 3.07 Å². The Bertz CT molecular complexity index is 138. The smallest absolute Gasteiger partial charge is 0.110 e. The molecule has 0 unspecified atom stereocenters. The van der Waals surface area contributed by atoms with Gasteiger partial charge >= 0.3 is 0 Å². The van der Waals surface area contributed by atoms with Crippen molar-refractivity contribution >= 4 is 23.0 Å². The molecule has 0 saturated carbocycles. The predicted molar refractivity (Wildman–Crippen MR) is 46.4 cm³/mol. The molecule has 1 aliphatic carbocycles. The third-order valence-corrected chi connectivity index (χ3v) is 1.60. The van der Waals surface area contributed by atoms with Gasteiger partial charge in [-0.25, -0.2) is 0 Å². The molecular weight excluding hydrogens is 227 g/mol. The van der Waals surface area contributed by atoms with Gasteiger partial charge in [0.1, 0.15) is 23.0 Å². The molecule has 0 aliphatic heterocycles. The largest absolute Gasteiger partial charge is 0.311 e. The Labute approximate surface area is 69.5 Å². The monoisotopic (exact) mass is 236 g/mol. The van der Waals surface area contributed by atoms with Gasteiger partial charge in [-0.1, -0.05) is 18.2 Å². The van der Waals surface area contributed by atoms with Crippen molar-refractivity contribution in [1.29, 1.82) is 0 Å². The third kappa shape index (κ3) is 2.49. The summed E-state index contributed by atoms with van der Waals surface area (Å²) in [6, 6.07) is 0. The number of rotatable bonds is 2. The van der Waals surface area contributed by atoms with Crippen LogP contribution in [0.5, 0.6) is 0 Å². The second-order valence-corrected chi connectivity index (χ2v) is 2.64. The summed E-state index contributed by atoms with van der Waals surface area (Å²) >= 11 is 1.92. The van der Waals surface area contributed by atoms with Crippen molar-refractivity contribution in [3.05, 3.63) is 23.8 Å². The van der Waals surface area contributed by atoms with Crippen LogP contribution in [-0.4, -0.2) is 6.61 Å². The maximum absolute atomic E-state index is 4.93. The highest BCUT2D eigenvalue weighted by atomic mass is 127. The molecule has 0 radical (unpaired) electrons. The van der Waals surface area contributed by atoms with Crippen LogP contribution in [0.1, 0.15) is 12.8 Å². The van der Waals surface area contributed by atoms with Gasteiger partial charge in [0.25, 0.3) is 0 Å². The van der Waals surface area contributed by atoms with Crippen LogP contribution in [0.15, 0.2) is 23.8 Å². The minimum absolute atomic E-state index is 0.747. The number of hydrogen-bond donors (Lipinski definition) is 0. The van der Waals surface area contributed by atoms with E-state index in [0.29, 0.717) is 0 Å². The van der Waals surface area contributed by atoms with E-state index in [1.807, 2.05) is 23.0 Å². The second-order valence-electron chi connectivity index (χ2n) is 2.01. The third-order valence-electron chi connectivity index (χ3n) is 1.29. The number of hydrogen-bond acceptors (Lipinski definition) is 1. The van der Waals surface area contributed by atoms with Crippen LogP contribution in [0, 0.1) is 0 Å². The summed E-state index contributed by atoms with van der Waals surface area (Å²) in [5, 5.41) is 0. The lowest BCUT2D eigenvalue weighted by atomic mass is 10.1. The van der Waals surface area contributed by atoms with Crippen molar-refractivity contribution in [3.63, 3.8) is 0 Å². The molecule has 0 atom stereocenters. The fourth-order valence-electron chi connectivity index (χ4n) is 0.838. The van der Waals surface area contributed by atoms with Gasteiger partial charge in [0, 0.05) is 0 Å². The van der Waals surface area contributed by atoms with Gasteiger partial charge in [-0.2, -0.15) is 0 Å². The molecule has 1 nitrogen and oxygen atoms in total. The van der Waals surface area contributed by atoms with Crippen molar-refractivity contribution < 1.29 is 3.07 Å². The molecule has 0 fully saturated rings. The van der Waals surface area contributed by atoms with Gasteiger partial charge < -0.3 is 3.07 Å². The molecule has 1 rings (SSSR count). The summed E-state index contributed by atoms with van der Waals surface area (Å²) in [5.74, 6) is 0. The Morgan fingerprint density at radius 2 is 2.44 bits per heavy atom. The molecule has 0 aromatic heterocycles. The van der Waals surface area contributed by atoms with Crippen molar-refractivity contribution in [2.75, 3.05) is 6.61 Å². The summed E-state index contributed by atoms with van der Waals surface area (Å²) in [7, 11) is 0. The van der Waals surface area contributed by atoms with E-state index in [2.05, 4.69) is 18.2 Å². The highest BCUT2D eigenvalue weighted by molar-refractivity contribution is 14.1. The van der Waals surface area contributed by atoms with Crippen LogP contribution in [0.2, 0.25) is 0 Å². The highest BCUT2D eigenvalue weighted by Crippen LogP contribution is 2.10. The lowest BCUT2D eigenvalue weighted by molar-refractivity contribution is 0.476. The predicted octanol–water partition coefficient (Wildman–Crippen LogP) is 2.63. The van der Waals surface area contributed by atoms with E-state index in [1.165, 1.54) is 18.4 Å². The van der Waals surface area contributed by atoms with Gasteiger partial charge in [0.05, 0.1) is 6.61 Å². The van der Waals surface area contributed by atoms with Crippen molar-refractivity contribution in [1.82, 2.24) is 0 Å².